The number of likely N-dealkylation sites (N-methyl/N-ethyl adjacent to an activating group) is 1. The first-order chi connectivity index (χ1) is 7.42. The lowest BCUT2D eigenvalue weighted by Crippen LogP contribution is -2.44. The third-order valence-corrected chi connectivity index (χ3v) is 4.27. The summed E-state index contributed by atoms with van der Waals surface area (Å²) >= 11 is 2.02. The highest BCUT2D eigenvalue weighted by molar-refractivity contribution is 7.99. The van der Waals surface area contributed by atoms with Gasteiger partial charge in [-0.25, -0.2) is 0 Å². The molecule has 1 fully saturated rings. The first-order valence-corrected chi connectivity index (χ1v) is 7.13. The first-order valence-electron chi connectivity index (χ1n) is 5.97. The predicted molar refractivity (Wildman–Crippen MR) is 66.5 cm³/mol. The lowest BCUT2D eigenvalue weighted by atomic mass is 9.91. The number of thioether (sulfide) groups is 1. The lowest BCUT2D eigenvalue weighted by molar-refractivity contribution is 0.0567. The quantitative estimate of drug-likeness (QED) is 0.747. The molecule has 0 aromatic rings. The van der Waals surface area contributed by atoms with Crippen molar-refractivity contribution in [1.29, 1.82) is 0 Å². The van der Waals surface area contributed by atoms with Crippen molar-refractivity contribution in [1.82, 2.24) is 5.32 Å². The zero-order valence-corrected chi connectivity index (χ0v) is 10.3. The van der Waals surface area contributed by atoms with E-state index in [4.69, 9.17) is 4.74 Å². The molecule has 2 atom stereocenters. The predicted octanol–water partition coefficient (Wildman–Crippen LogP) is 2.21. The van der Waals surface area contributed by atoms with E-state index in [0.29, 0.717) is 12.1 Å². The van der Waals surface area contributed by atoms with E-state index in [1.165, 1.54) is 25.7 Å². The van der Waals surface area contributed by atoms with E-state index < -0.39 is 0 Å². The van der Waals surface area contributed by atoms with Crippen LogP contribution in [0.1, 0.15) is 25.7 Å². The van der Waals surface area contributed by atoms with Crippen molar-refractivity contribution in [2.75, 3.05) is 25.2 Å². The molecule has 1 aliphatic carbocycles. The molecule has 2 aliphatic rings. The Morgan fingerprint density at radius 3 is 3.07 bits per heavy atom. The zero-order valence-electron chi connectivity index (χ0n) is 9.50. The maximum atomic E-state index is 5.86. The lowest BCUT2D eigenvalue weighted by Gasteiger charge is -2.32. The van der Waals surface area contributed by atoms with Gasteiger partial charge in [0, 0.05) is 11.5 Å². The van der Waals surface area contributed by atoms with Crippen molar-refractivity contribution in [2.45, 2.75) is 37.8 Å². The molecule has 0 amide bonds. The average Bonchev–Trinajstić information content (AvgIpc) is 2.33. The second-order valence-electron chi connectivity index (χ2n) is 4.28. The molecule has 0 spiro atoms. The summed E-state index contributed by atoms with van der Waals surface area (Å²) in [6.45, 7) is 0.917. The second kappa shape index (κ2) is 5.92. The maximum absolute atomic E-state index is 5.86. The fourth-order valence-corrected chi connectivity index (χ4v) is 3.36. The van der Waals surface area contributed by atoms with E-state index >= 15 is 0 Å². The van der Waals surface area contributed by atoms with Crippen molar-refractivity contribution >= 4 is 11.8 Å². The van der Waals surface area contributed by atoms with Gasteiger partial charge in [0.2, 0.25) is 0 Å². The van der Waals surface area contributed by atoms with Crippen LogP contribution in [0.2, 0.25) is 0 Å². The molecular formula is C12H21NOS. The molecule has 1 heterocycles. The van der Waals surface area contributed by atoms with E-state index in [0.717, 1.165) is 18.1 Å². The highest BCUT2D eigenvalue weighted by Crippen LogP contribution is 2.25. The fourth-order valence-electron chi connectivity index (χ4n) is 2.45. The van der Waals surface area contributed by atoms with Crippen LogP contribution in [0.3, 0.4) is 0 Å². The Labute approximate surface area is 96.8 Å². The SMILES string of the molecule is CNC(C1=CCCCC1)C1CSCCO1. The molecule has 86 valence electrons. The Balaban J connectivity index is 1.98. The third-order valence-electron chi connectivity index (χ3n) is 3.25. The van der Waals surface area contributed by atoms with Crippen LogP contribution < -0.4 is 5.32 Å². The molecule has 0 saturated carbocycles. The van der Waals surface area contributed by atoms with Crippen molar-refractivity contribution in [2.24, 2.45) is 0 Å². The summed E-state index contributed by atoms with van der Waals surface area (Å²) in [7, 11) is 2.06. The topological polar surface area (TPSA) is 21.3 Å². The molecule has 1 N–H and O–H groups in total. The number of nitrogens with one attached hydrogen (secondary N) is 1. The van der Waals surface area contributed by atoms with Gasteiger partial charge in [-0.2, -0.15) is 11.8 Å². The van der Waals surface area contributed by atoms with E-state index in [-0.39, 0.29) is 0 Å². The van der Waals surface area contributed by atoms with Gasteiger partial charge in [-0.15, -0.1) is 0 Å². The maximum Gasteiger partial charge on any atom is 0.0856 e. The van der Waals surface area contributed by atoms with Crippen molar-refractivity contribution in [3.05, 3.63) is 11.6 Å². The second-order valence-corrected chi connectivity index (χ2v) is 5.43. The van der Waals surface area contributed by atoms with Crippen LogP contribution >= 0.6 is 11.8 Å². The summed E-state index contributed by atoms with van der Waals surface area (Å²) in [5.74, 6) is 2.30. The summed E-state index contributed by atoms with van der Waals surface area (Å²) in [6.07, 6.45) is 8.04. The molecule has 0 aromatic carbocycles. The minimum atomic E-state index is 0.387. The van der Waals surface area contributed by atoms with Crippen molar-refractivity contribution in [3.8, 4) is 0 Å². The molecule has 3 heteroatoms. The van der Waals surface area contributed by atoms with Crippen molar-refractivity contribution in [3.63, 3.8) is 0 Å². The molecule has 15 heavy (non-hydrogen) atoms. The zero-order chi connectivity index (χ0) is 10.5. The molecule has 2 nitrogen and oxygen atoms in total. The number of hydrogen-bond acceptors (Lipinski definition) is 3. The Kier molecular flexibility index (Phi) is 4.54. The number of ether oxygens (including phenoxy) is 1. The minimum absolute atomic E-state index is 0.387. The van der Waals surface area contributed by atoms with E-state index in [9.17, 15) is 0 Å². The summed E-state index contributed by atoms with van der Waals surface area (Å²) < 4.78 is 5.86. The number of rotatable bonds is 3. The molecule has 1 aliphatic heterocycles. The molecule has 2 unspecified atom stereocenters. The standard InChI is InChI=1S/C12H21NOS/c1-13-12(10-5-3-2-4-6-10)11-9-15-8-7-14-11/h5,11-13H,2-4,6-9H2,1H3. The highest BCUT2D eigenvalue weighted by atomic mass is 32.2. The van der Waals surface area contributed by atoms with Crippen LogP contribution in [-0.4, -0.2) is 37.3 Å². The van der Waals surface area contributed by atoms with Crippen LogP contribution in [0.25, 0.3) is 0 Å². The minimum Gasteiger partial charge on any atom is -0.375 e. The molecule has 1 saturated heterocycles. The van der Waals surface area contributed by atoms with Gasteiger partial charge >= 0.3 is 0 Å². The monoisotopic (exact) mass is 227 g/mol. The Bertz CT molecular complexity index is 224. The van der Waals surface area contributed by atoms with Gasteiger partial charge in [0.15, 0.2) is 0 Å². The Morgan fingerprint density at radius 1 is 1.53 bits per heavy atom. The van der Waals surface area contributed by atoms with Gasteiger partial charge in [0.05, 0.1) is 18.8 Å². The van der Waals surface area contributed by atoms with Crippen molar-refractivity contribution < 1.29 is 4.74 Å². The normalized spacial score (nSPS) is 29.7. The molecule has 0 aromatic heterocycles. The summed E-state index contributed by atoms with van der Waals surface area (Å²) in [5, 5.41) is 3.43. The van der Waals surface area contributed by atoms with Gasteiger partial charge in [-0.05, 0) is 32.7 Å². The van der Waals surface area contributed by atoms with Crippen LogP contribution in [0.15, 0.2) is 11.6 Å². The highest BCUT2D eigenvalue weighted by Gasteiger charge is 2.26. The molecular weight excluding hydrogens is 206 g/mol. The fraction of sp³-hybridized carbons (Fsp3) is 0.833. The van der Waals surface area contributed by atoms with Gasteiger partial charge < -0.3 is 10.1 Å². The molecule has 0 radical (unpaired) electrons. The van der Waals surface area contributed by atoms with Crippen LogP contribution in [0, 0.1) is 0 Å². The average molecular weight is 227 g/mol. The summed E-state index contributed by atoms with van der Waals surface area (Å²) in [6, 6.07) is 0.457. The summed E-state index contributed by atoms with van der Waals surface area (Å²) in [5.41, 5.74) is 1.58. The van der Waals surface area contributed by atoms with E-state index in [1.54, 1.807) is 5.57 Å². The van der Waals surface area contributed by atoms with Gasteiger partial charge in [0.1, 0.15) is 0 Å². The largest absolute Gasteiger partial charge is 0.375 e. The van der Waals surface area contributed by atoms with Gasteiger partial charge in [-0.3, -0.25) is 0 Å². The summed E-state index contributed by atoms with van der Waals surface area (Å²) in [4.78, 5) is 0. The Hall–Kier alpha value is 0.01000. The third kappa shape index (κ3) is 2.99. The van der Waals surface area contributed by atoms with Crippen LogP contribution in [-0.2, 0) is 4.74 Å². The van der Waals surface area contributed by atoms with E-state index in [1.807, 2.05) is 11.8 Å². The van der Waals surface area contributed by atoms with Crippen LogP contribution in [0.4, 0.5) is 0 Å². The Morgan fingerprint density at radius 2 is 2.47 bits per heavy atom. The smallest absolute Gasteiger partial charge is 0.0856 e. The van der Waals surface area contributed by atoms with Gasteiger partial charge in [0.25, 0.3) is 0 Å². The molecule has 2 rings (SSSR count). The van der Waals surface area contributed by atoms with E-state index in [2.05, 4.69) is 18.4 Å². The van der Waals surface area contributed by atoms with Gasteiger partial charge in [-0.1, -0.05) is 11.6 Å². The first kappa shape index (κ1) is 11.5. The van der Waals surface area contributed by atoms with Crippen LogP contribution in [0.5, 0.6) is 0 Å². The molecule has 0 bridgehead atoms. The number of allylic oxidation sites excluding steroid dienone is 1. The number of hydrogen-bond donors (Lipinski definition) is 1.